The van der Waals surface area contributed by atoms with E-state index in [4.69, 9.17) is 14.2 Å². The van der Waals surface area contributed by atoms with Crippen molar-refractivity contribution in [1.29, 1.82) is 0 Å². The zero-order valence-corrected chi connectivity index (χ0v) is 17.2. The number of nitrogens with zero attached hydrogens (tertiary/aromatic N) is 1. The highest BCUT2D eigenvalue weighted by Crippen LogP contribution is 2.29. The Labute approximate surface area is 176 Å². The second kappa shape index (κ2) is 9.20. The van der Waals surface area contributed by atoms with Crippen LogP contribution in [0.5, 0.6) is 11.5 Å². The first-order valence-electron chi connectivity index (χ1n) is 10.5. The summed E-state index contributed by atoms with van der Waals surface area (Å²) in [6, 6.07) is 14.6. The van der Waals surface area contributed by atoms with E-state index in [0.29, 0.717) is 37.0 Å². The molecule has 6 heteroatoms. The number of methoxy groups -OCH3 is 1. The summed E-state index contributed by atoms with van der Waals surface area (Å²) >= 11 is 0. The molecule has 0 aromatic heterocycles. The lowest BCUT2D eigenvalue weighted by Crippen LogP contribution is -2.25. The van der Waals surface area contributed by atoms with Crippen LogP contribution in [0, 0.1) is 5.92 Å². The first-order valence-corrected chi connectivity index (χ1v) is 10.5. The van der Waals surface area contributed by atoms with Crippen LogP contribution in [0.25, 0.3) is 0 Å². The van der Waals surface area contributed by atoms with Gasteiger partial charge in [0.1, 0.15) is 11.5 Å². The minimum absolute atomic E-state index is 0.106. The number of ether oxygens (including phenoxy) is 3. The van der Waals surface area contributed by atoms with Crippen molar-refractivity contribution < 1.29 is 23.8 Å². The van der Waals surface area contributed by atoms with Crippen LogP contribution in [0.4, 0.5) is 5.69 Å². The van der Waals surface area contributed by atoms with Crippen LogP contribution in [0.3, 0.4) is 0 Å². The van der Waals surface area contributed by atoms with Gasteiger partial charge in [0, 0.05) is 24.6 Å². The van der Waals surface area contributed by atoms with E-state index in [0.717, 1.165) is 24.3 Å². The molecule has 158 valence electrons. The average molecular weight is 409 g/mol. The van der Waals surface area contributed by atoms with Crippen molar-refractivity contribution in [3.8, 4) is 11.5 Å². The topological polar surface area (TPSA) is 65.1 Å². The molecule has 1 aliphatic carbocycles. The Kier molecular flexibility index (Phi) is 6.21. The quantitative estimate of drug-likeness (QED) is 0.641. The number of amides is 1. The minimum Gasteiger partial charge on any atom is -0.493 e. The zero-order chi connectivity index (χ0) is 20.9. The van der Waals surface area contributed by atoms with E-state index in [1.54, 1.807) is 24.3 Å². The molecule has 0 radical (unpaired) electrons. The van der Waals surface area contributed by atoms with E-state index in [1.165, 1.54) is 20.0 Å². The molecule has 1 heterocycles. The van der Waals surface area contributed by atoms with E-state index in [9.17, 15) is 9.59 Å². The van der Waals surface area contributed by atoms with Crippen molar-refractivity contribution in [1.82, 2.24) is 0 Å². The molecular weight excluding hydrogens is 382 g/mol. The Bertz CT molecular complexity index is 871. The average Bonchev–Trinajstić information content (AvgIpc) is 3.42. The molecule has 1 unspecified atom stereocenters. The Morgan fingerprint density at radius 2 is 1.67 bits per heavy atom. The first kappa shape index (κ1) is 20.3. The van der Waals surface area contributed by atoms with Crippen LogP contribution >= 0.6 is 0 Å². The van der Waals surface area contributed by atoms with Crippen LogP contribution < -0.4 is 14.4 Å². The number of esters is 1. The van der Waals surface area contributed by atoms with E-state index >= 15 is 0 Å². The Balaban J connectivity index is 1.30. The SMILES string of the molecule is COC(=O)c1ccc(OCC2CC(=O)N(c3ccc(OC4CCCC4)cc3)C2)cc1. The number of benzene rings is 2. The fourth-order valence-electron chi connectivity index (χ4n) is 4.07. The molecule has 2 aromatic rings. The molecule has 2 aromatic carbocycles. The molecule has 1 atom stereocenters. The summed E-state index contributed by atoms with van der Waals surface area (Å²) in [4.78, 5) is 25.8. The predicted octanol–water partition coefficient (Wildman–Crippen LogP) is 4.23. The molecule has 1 saturated heterocycles. The second-order valence-corrected chi connectivity index (χ2v) is 7.92. The van der Waals surface area contributed by atoms with Gasteiger partial charge in [-0.2, -0.15) is 0 Å². The number of hydrogen-bond donors (Lipinski definition) is 0. The molecule has 1 amide bonds. The van der Waals surface area contributed by atoms with Crippen molar-refractivity contribution in [3.05, 3.63) is 54.1 Å². The number of anilines is 1. The molecule has 4 rings (SSSR count). The van der Waals surface area contributed by atoms with E-state index < -0.39 is 0 Å². The summed E-state index contributed by atoms with van der Waals surface area (Å²) in [7, 11) is 1.35. The molecule has 1 saturated carbocycles. The third-order valence-corrected chi connectivity index (χ3v) is 5.72. The van der Waals surface area contributed by atoms with E-state index in [1.807, 2.05) is 29.2 Å². The van der Waals surface area contributed by atoms with Gasteiger partial charge in [-0.3, -0.25) is 4.79 Å². The zero-order valence-electron chi connectivity index (χ0n) is 17.2. The van der Waals surface area contributed by atoms with Crippen molar-refractivity contribution in [2.75, 3.05) is 25.2 Å². The predicted molar refractivity (Wildman–Crippen MR) is 113 cm³/mol. The first-order chi connectivity index (χ1) is 14.6. The summed E-state index contributed by atoms with van der Waals surface area (Å²) < 4.78 is 16.5. The summed E-state index contributed by atoms with van der Waals surface area (Å²) in [5.41, 5.74) is 1.37. The van der Waals surface area contributed by atoms with Crippen LogP contribution in [0.1, 0.15) is 42.5 Å². The van der Waals surface area contributed by atoms with Crippen molar-refractivity contribution in [2.45, 2.75) is 38.2 Å². The maximum absolute atomic E-state index is 12.5. The fourth-order valence-corrected chi connectivity index (χ4v) is 4.07. The van der Waals surface area contributed by atoms with Gasteiger partial charge in [-0.15, -0.1) is 0 Å². The third kappa shape index (κ3) is 4.75. The molecule has 1 aliphatic heterocycles. The fraction of sp³-hybridized carbons (Fsp3) is 0.417. The highest BCUT2D eigenvalue weighted by Gasteiger charge is 2.31. The van der Waals surface area contributed by atoms with Crippen LogP contribution in [0.15, 0.2) is 48.5 Å². The lowest BCUT2D eigenvalue weighted by molar-refractivity contribution is -0.117. The number of carbonyl (C=O) groups excluding carboxylic acids is 2. The van der Waals surface area contributed by atoms with Crippen molar-refractivity contribution in [2.24, 2.45) is 5.92 Å². The van der Waals surface area contributed by atoms with E-state index in [-0.39, 0.29) is 17.8 Å². The molecule has 0 N–H and O–H groups in total. The largest absolute Gasteiger partial charge is 0.493 e. The number of carbonyl (C=O) groups is 2. The summed E-state index contributed by atoms with van der Waals surface area (Å²) in [5.74, 6) is 1.38. The summed E-state index contributed by atoms with van der Waals surface area (Å²) in [6.45, 7) is 1.07. The van der Waals surface area contributed by atoms with Crippen LogP contribution in [-0.4, -0.2) is 38.2 Å². The molecule has 6 nitrogen and oxygen atoms in total. The van der Waals surface area contributed by atoms with Gasteiger partial charge in [0.2, 0.25) is 5.91 Å². The number of hydrogen-bond acceptors (Lipinski definition) is 5. The lowest BCUT2D eigenvalue weighted by Gasteiger charge is -2.18. The normalized spacial score (nSPS) is 19.2. The van der Waals surface area contributed by atoms with Crippen molar-refractivity contribution in [3.63, 3.8) is 0 Å². The van der Waals surface area contributed by atoms with Gasteiger partial charge in [-0.1, -0.05) is 0 Å². The van der Waals surface area contributed by atoms with Crippen molar-refractivity contribution >= 4 is 17.6 Å². The maximum Gasteiger partial charge on any atom is 0.337 e. The van der Waals surface area contributed by atoms with Gasteiger partial charge >= 0.3 is 5.97 Å². The maximum atomic E-state index is 12.5. The van der Waals surface area contributed by atoms with Gasteiger partial charge in [0.05, 0.1) is 25.4 Å². The number of rotatable bonds is 7. The summed E-state index contributed by atoms with van der Waals surface area (Å²) in [5, 5.41) is 0. The van der Waals surface area contributed by atoms with Gasteiger partial charge in [-0.25, -0.2) is 4.79 Å². The smallest absolute Gasteiger partial charge is 0.337 e. The lowest BCUT2D eigenvalue weighted by atomic mass is 10.1. The Morgan fingerprint density at radius 1 is 1.00 bits per heavy atom. The molecule has 2 fully saturated rings. The highest BCUT2D eigenvalue weighted by atomic mass is 16.5. The second-order valence-electron chi connectivity index (χ2n) is 7.92. The van der Waals surface area contributed by atoms with E-state index in [2.05, 4.69) is 0 Å². The highest BCUT2D eigenvalue weighted by molar-refractivity contribution is 5.95. The summed E-state index contributed by atoms with van der Waals surface area (Å²) in [6.07, 6.45) is 5.51. The molecule has 30 heavy (non-hydrogen) atoms. The Morgan fingerprint density at radius 3 is 2.33 bits per heavy atom. The standard InChI is InChI=1S/C24H27NO5/c1-28-24(27)18-6-10-20(11-7-18)29-16-17-14-23(26)25(15-17)19-8-12-22(13-9-19)30-21-4-2-3-5-21/h6-13,17,21H,2-5,14-16H2,1H3. The van der Waals surface area contributed by atoms with Gasteiger partial charge in [0.15, 0.2) is 0 Å². The molecule has 2 aliphatic rings. The van der Waals surface area contributed by atoms with Crippen LogP contribution in [0.2, 0.25) is 0 Å². The minimum atomic E-state index is -0.377. The molecule has 0 bridgehead atoms. The Hall–Kier alpha value is -3.02. The molecular formula is C24H27NO5. The van der Waals surface area contributed by atoms with Gasteiger partial charge in [-0.05, 0) is 74.2 Å². The van der Waals surface area contributed by atoms with Crippen LogP contribution in [-0.2, 0) is 9.53 Å². The van der Waals surface area contributed by atoms with Gasteiger partial charge in [0.25, 0.3) is 0 Å². The monoisotopic (exact) mass is 409 g/mol. The third-order valence-electron chi connectivity index (χ3n) is 5.72. The van der Waals surface area contributed by atoms with Gasteiger partial charge < -0.3 is 19.1 Å². The molecule has 0 spiro atoms.